The fraction of sp³-hybridized carbons (Fsp3) is 0.615. The summed E-state index contributed by atoms with van der Waals surface area (Å²) in [6, 6.07) is 2.44. The minimum absolute atomic E-state index is 0.458. The Labute approximate surface area is 109 Å². The lowest BCUT2D eigenvalue weighted by molar-refractivity contribution is 0.611. The third kappa shape index (κ3) is 3.86. The van der Waals surface area contributed by atoms with Gasteiger partial charge in [0.05, 0.1) is 5.02 Å². The predicted molar refractivity (Wildman–Crippen MR) is 74.8 cm³/mol. The Morgan fingerprint density at radius 2 is 2.24 bits per heavy atom. The van der Waals surface area contributed by atoms with Crippen molar-refractivity contribution in [1.29, 1.82) is 0 Å². The third-order valence-electron chi connectivity index (χ3n) is 2.96. The van der Waals surface area contributed by atoms with Crippen molar-refractivity contribution in [2.45, 2.75) is 39.3 Å². The highest BCUT2D eigenvalue weighted by Gasteiger charge is 2.13. The van der Waals surface area contributed by atoms with Crippen molar-refractivity contribution in [3.05, 3.63) is 22.8 Å². The highest BCUT2D eigenvalue weighted by Crippen LogP contribution is 2.25. The molecule has 4 heteroatoms. The molecular weight excluding hydrogens is 234 g/mol. The molecule has 1 N–H and O–H groups in total. The summed E-state index contributed by atoms with van der Waals surface area (Å²) < 4.78 is 0. The highest BCUT2D eigenvalue weighted by atomic mass is 35.5. The number of aromatic nitrogens is 1. The molecule has 0 fully saturated rings. The summed E-state index contributed by atoms with van der Waals surface area (Å²) in [4.78, 5) is 6.60. The largest absolute Gasteiger partial charge is 0.356 e. The van der Waals surface area contributed by atoms with E-state index in [1.165, 1.54) is 6.42 Å². The Balaban J connectivity index is 2.83. The van der Waals surface area contributed by atoms with Gasteiger partial charge in [-0.1, -0.05) is 24.9 Å². The first-order valence-corrected chi connectivity index (χ1v) is 6.49. The molecule has 0 radical (unpaired) electrons. The molecule has 3 nitrogen and oxygen atoms in total. The molecule has 0 spiro atoms. The summed E-state index contributed by atoms with van der Waals surface area (Å²) in [6.07, 6.45) is 4.20. The Hall–Kier alpha value is -0.800. The molecule has 0 saturated carbocycles. The molecule has 1 rings (SSSR count). The van der Waals surface area contributed by atoms with Gasteiger partial charge in [0.15, 0.2) is 0 Å². The summed E-state index contributed by atoms with van der Waals surface area (Å²) in [5, 5.41) is 3.82. The van der Waals surface area contributed by atoms with Gasteiger partial charge in [-0.15, -0.1) is 0 Å². The number of hydrogen-bond donors (Lipinski definition) is 1. The molecule has 0 aliphatic heterocycles. The normalized spacial score (nSPS) is 12.5. The van der Waals surface area contributed by atoms with Crippen LogP contribution in [0.1, 0.15) is 32.3 Å². The fourth-order valence-electron chi connectivity index (χ4n) is 1.85. The van der Waals surface area contributed by atoms with E-state index in [0.717, 1.165) is 29.4 Å². The van der Waals surface area contributed by atoms with Crippen LogP contribution in [0.25, 0.3) is 0 Å². The molecule has 96 valence electrons. The molecule has 1 unspecified atom stereocenters. The average Bonchev–Trinajstić information content (AvgIpc) is 2.29. The van der Waals surface area contributed by atoms with E-state index in [0.29, 0.717) is 6.04 Å². The SMILES string of the molecule is CCCC(C)N(C)c1ncc(CNC)cc1Cl. The standard InChI is InChI=1S/C13H22ClN3/c1-5-6-10(2)17(4)13-12(14)7-11(8-15-3)9-16-13/h7,9-10,15H,5-6,8H2,1-4H3. The van der Waals surface area contributed by atoms with Crippen molar-refractivity contribution in [2.24, 2.45) is 0 Å². The number of hydrogen-bond acceptors (Lipinski definition) is 3. The van der Waals surface area contributed by atoms with Crippen LogP contribution in [0.15, 0.2) is 12.3 Å². The van der Waals surface area contributed by atoms with Crippen molar-refractivity contribution in [2.75, 3.05) is 19.0 Å². The van der Waals surface area contributed by atoms with Crippen LogP contribution in [0.3, 0.4) is 0 Å². The van der Waals surface area contributed by atoms with Crippen LogP contribution in [-0.2, 0) is 6.54 Å². The van der Waals surface area contributed by atoms with Crippen LogP contribution in [-0.4, -0.2) is 25.1 Å². The summed E-state index contributed by atoms with van der Waals surface area (Å²) in [6.45, 7) is 5.18. The van der Waals surface area contributed by atoms with Crippen LogP contribution in [0.5, 0.6) is 0 Å². The lowest BCUT2D eigenvalue weighted by Crippen LogP contribution is -2.29. The van der Waals surface area contributed by atoms with Crippen LogP contribution >= 0.6 is 11.6 Å². The summed E-state index contributed by atoms with van der Waals surface area (Å²) in [5.74, 6) is 0.868. The van der Waals surface area contributed by atoms with E-state index >= 15 is 0 Å². The minimum Gasteiger partial charge on any atom is -0.356 e. The molecule has 1 heterocycles. The van der Waals surface area contributed by atoms with E-state index in [9.17, 15) is 0 Å². The molecule has 1 atom stereocenters. The van der Waals surface area contributed by atoms with Crippen LogP contribution in [0, 0.1) is 0 Å². The maximum Gasteiger partial charge on any atom is 0.147 e. The van der Waals surface area contributed by atoms with E-state index in [1.54, 1.807) is 0 Å². The van der Waals surface area contributed by atoms with E-state index in [-0.39, 0.29) is 0 Å². The second-order valence-electron chi connectivity index (χ2n) is 4.43. The van der Waals surface area contributed by atoms with Gasteiger partial charge in [-0.3, -0.25) is 0 Å². The van der Waals surface area contributed by atoms with Crippen LogP contribution in [0.2, 0.25) is 5.02 Å². The first-order chi connectivity index (χ1) is 8.10. The zero-order chi connectivity index (χ0) is 12.8. The molecule has 1 aromatic heterocycles. The van der Waals surface area contributed by atoms with Crippen molar-refractivity contribution < 1.29 is 0 Å². The molecule has 0 saturated heterocycles. The average molecular weight is 256 g/mol. The van der Waals surface area contributed by atoms with Gasteiger partial charge in [0, 0.05) is 25.8 Å². The lowest BCUT2D eigenvalue weighted by atomic mass is 10.1. The van der Waals surface area contributed by atoms with Gasteiger partial charge in [0.2, 0.25) is 0 Å². The quantitative estimate of drug-likeness (QED) is 0.847. The van der Waals surface area contributed by atoms with Gasteiger partial charge in [0.1, 0.15) is 5.82 Å². The van der Waals surface area contributed by atoms with Crippen molar-refractivity contribution >= 4 is 17.4 Å². The Morgan fingerprint density at radius 1 is 1.53 bits per heavy atom. The van der Waals surface area contributed by atoms with E-state index in [1.807, 2.05) is 26.4 Å². The smallest absolute Gasteiger partial charge is 0.147 e. The molecule has 0 aliphatic carbocycles. The van der Waals surface area contributed by atoms with Gasteiger partial charge in [-0.05, 0) is 32.0 Å². The number of nitrogens with zero attached hydrogens (tertiary/aromatic N) is 2. The van der Waals surface area contributed by atoms with Gasteiger partial charge in [0.25, 0.3) is 0 Å². The molecule has 0 aliphatic rings. The second-order valence-corrected chi connectivity index (χ2v) is 4.84. The lowest BCUT2D eigenvalue weighted by Gasteiger charge is -2.26. The van der Waals surface area contributed by atoms with Crippen LogP contribution < -0.4 is 10.2 Å². The maximum absolute atomic E-state index is 6.27. The molecule has 0 bridgehead atoms. The zero-order valence-electron chi connectivity index (χ0n) is 11.1. The monoisotopic (exact) mass is 255 g/mol. The number of halogens is 1. The molecular formula is C13H22ClN3. The van der Waals surface area contributed by atoms with E-state index in [2.05, 4.69) is 29.0 Å². The summed E-state index contributed by atoms with van der Waals surface area (Å²) >= 11 is 6.27. The van der Waals surface area contributed by atoms with Gasteiger partial charge >= 0.3 is 0 Å². The summed E-state index contributed by atoms with van der Waals surface area (Å²) in [7, 11) is 3.96. The van der Waals surface area contributed by atoms with Crippen molar-refractivity contribution in [3.63, 3.8) is 0 Å². The Bertz CT molecular complexity index is 355. The zero-order valence-corrected chi connectivity index (χ0v) is 11.9. The molecule has 0 aromatic carbocycles. The molecule has 0 amide bonds. The van der Waals surface area contributed by atoms with Crippen LogP contribution in [0.4, 0.5) is 5.82 Å². The predicted octanol–water partition coefficient (Wildman–Crippen LogP) is 3.08. The number of pyridine rings is 1. The number of nitrogens with one attached hydrogen (secondary N) is 1. The van der Waals surface area contributed by atoms with E-state index in [4.69, 9.17) is 11.6 Å². The second kappa shape index (κ2) is 6.82. The topological polar surface area (TPSA) is 28.2 Å². The first-order valence-electron chi connectivity index (χ1n) is 6.12. The third-order valence-corrected chi connectivity index (χ3v) is 3.24. The Morgan fingerprint density at radius 3 is 2.76 bits per heavy atom. The highest BCUT2D eigenvalue weighted by molar-refractivity contribution is 6.33. The van der Waals surface area contributed by atoms with Crippen molar-refractivity contribution in [3.8, 4) is 0 Å². The fourth-order valence-corrected chi connectivity index (χ4v) is 2.17. The van der Waals surface area contributed by atoms with Gasteiger partial charge in [-0.2, -0.15) is 0 Å². The minimum atomic E-state index is 0.458. The van der Waals surface area contributed by atoms with Crippen molar-refractivity contribution in [1.82, 2.24) is 10.3 Å². The Kier molecular flexibility index (Phi) is 5.72. The van der Waals surface area contributed by atoms with E-state index < -0.39 is 0 Å². The molecule has 17 heavy (non-hydrogen) atoms. The van der Waals surface area contributed by atoms with Gasteiger partial charge < -0.3 is 10.2 Å². The van der Waals surface area contributed by atoms with Gasteiger partial charge in [-0.25, -0.2) is 4.98 Å². The number of anilines is 1. The number of rotatable bonds is 6. The molecule has 1 aromatic rings. The first kappa shape index (κ1) is 14.3. The summed E-state index contributed by atoms with van der Waals surface area (Å²) in [5.41, 5.74) is 1.11. The maximum atomic E-state index is 6.27.